The van der Waals surface area contributed by atoms with E-state index >= 15 is 0 Å². The zero-order valence-corrected chi connectivity index (χ0v) is 9.84. The molecule has 17 heavy (non-hydrogen) atoms. The van der Waals surface area contributed by atoms with Gasteiger partial charge in [0, 0.05) is 11.8 Å². The summed E-state index contributed by atoms with van der Waals surface area (Å²) < 4.78 is 5.07. The normalized spacial score (nSPS) is 52.5. The van der Waals surface area contributed by atoms with E-state index in [-0.39, 0.29) is 23.7 Å². The maximum Gasteiger partial charge on any atom is 0.309 e. The van der Waals surface area contributed by atoms with Crippen molar-refractivity contribution in [1.29, 1.82) is 0 Å². The van der Waals surface area contributed by atoms with Gasteiger partial charge < -0.3 is 4.74 Å². The number of ether oxygens (including phenoxy) is 1. The predicted molar refractivity (Wildman–Crippen MR) is 59.8 cm³/mol. The van der Waals surface area contributed by atoms with Gasteiger partial charge >= 0.3 is 5.97 Å². The summed E-state index contributed by atoms with van der Waals surface area (Å²) in [5.74, 6) is 2.17. The number of ketones is 1. The summed E-state index contributed by atoms with van der Waals surface area (Å²) in [6, 6.07) is 0. The molecule has 0 amide bonds. The van der Waals surface area contributed by atoms with Crippen molar-refractivity contribution in [3.8, 4) is 0 Å². The Morgan fingerprint density at radius 2 is 2.06 bits per heavy atom. The molecular weight excluding hydrogens is 216 g/mol. The zero-order valence-electron chi connectivity index (χ0n) is 9.84. The van der Waals surface area contributed by atoms with Crippen molar-refractivity contribution in [2.24, 2.45) is 41.4 Å². The third-order valence-corrected chi connectivity index (χ3v) is 5.26. The zero-order chi connectivity index (χ0) is 11.7. The molecule has 0 radical (unpaired) electrons. The molecule has 0 N–H and O–H groups in total. The van der Waals surface area contributed by atoms with Crippen molar-refractivity contribution in [3.63, 3.8) is 0 Å². The Kier molecular flexibility index (Phi) is 1.74. The number of esters is 1. The number of hydrogen-bond acceptors (Lipinski definition) is 3. The topological polar surface area (TPSA) is 43.4 Å². The summed E-state index contributed by atoms with van der Waals surface area (Å²) in [4.78, 5) is 24.1. The first-order chi connectivity index (χ1) is 8.24. The molecule has 0 spiro atoms. The second kappa shape index (κ2) is 3.01. The van der Waals surface area contributed by atoms with E-state index in [9.17, 15) is 9.59 Å². The van der Waals surface area contributed by atoms with Crippen LogP contribution in [0.4, 0.5) is 0 Å². The minimum absolute atomic E-state index is 0.00856. The number of allylic oxidation sites excluding steroid dienone is 2. The lowest BCUT2D eigenvalue weighted by Gasteiger charge is -2.23. The predicted octanol–water partition coefficient (Wildman–Crippen LogP) is 1.43. The Bertz CT molecular complexity index is 439. The lowest BCUT2D eigenvalue weighted by atomic mass is 9.80. The SMILES string of the molecule is CCOC(=O)[C@H]1[C@@H]2C(=O)[C@@H]3[C@H]([C@H]12)[C@@H]1C=C[C@H]3C1. The van der Waals surface area contributed by atoms with Crippen LogP contribution in [-0.4, -0.2) is 18.4 Å². The van der Waals surface area contributed by atoms with Crippen molar-refractivity contribution in [2.45, 2.75) is 13.3 Å². The highest BCUT2D eigenvalue weighted by Gasteiger charge is 2.74. The fourth-order valence-electron chi connectivity index (χ4n) is 4.73. The number of Topliss-reactive ketones (excluding diaryl/α,β-unsaturated/α-hetero) is 1. The van der Waals surface area contributed by atoms with Crippen LogP contribution in [0.1, 0.15) is 13.3 Å². The van der Waals surface area contributed by atoms with Gasteiger partial charge in [0.2, 0.25) is 0 Å². The summed E-state index contributed by atoms with van der Waals surface area (Å²) in [5.41, 5.74) is 0. The Labute approximate surface area is 100 Å². The van der Waals surface area contributed by atoms with Gasteiger partial charge in [-0.05, 0) is 37.0 Å². The highest BCUT2D eigenvalue weighted by Crippen LogP contribution is 2.69. The van der Waals surface area contributed by atoms with E-state index in [0.717, 1.165) is 6.42 Å². The van der Waals surface area contributed by atoms with Crippen molar-refractivity contribution in [1.82, 2.24) is 0 Å². The largest absolute Gasteiger partial charge is 0.466 e. The van der Waals surface area contributed by atoms with Crippen molar-refractivity contribution in [2.75, 3.05) is 6.61 Å². The fourth-order valence-corrected chi connectivity index (χ4v) is 4.73. The van der Waals surface area contributed by atoms with Gasteiger partial charge in [0.05, 0.1) is 12.5 Å². The highest BCUT2D eigenvalue weighted by atomic mass is 16.5. The molecule has 4 rings (SSSR count). The first-order valence-electron chi connectivity index (χ1n) is 6.62. The van der Waals surface area contributed by atoms with Gasteiger partial charge in [-0.2, -0.15) is 0 Å². The fraction of sp³-hybridized carbons (Fsp3) is 0.714. The van der Waals surface area contributed by atoms with Crippen LogP contribution in [-0.2, 0) is 14.3 Å². The molecular formula is C14H16O3. The first-order valence-corrected chi connectivity index (χ1v) is 6.62. The standard InChI is InChI=1S/C14H16O3/c1-2-17-14(16)12-10-8-6-3-4-7(5-6)9(8)13(15)11(10)12/h3-4,6-12H,2,5H2,1H3/t6-,7+,8-,9+,10+,11-,12-/m1/s1. The molecule has 0 aromatic carbocycles. The summed E-state index contributed by atoms with van der Waals surface area (Å²) in [7, 11) is 0. The van der Waals surface area contributed by atoms with Crippen LogP contribution in [0.3, 0.4) is 0 Å². The van der Waals surface area contributed by atoms with Gasteiger partial charge in [0.1, 0.15) is 5.78 Å². The quantitative estimate of drug-likeness (QED) is 0.534. The molecule has 3 heteroatoms. The number of rotatable bonds is 2. The molecule has 3 nitrogen and oxygen atoms in total. The van der Waals surface area contributed by atoms with Crippen LogP contribution in [0.15, 0.2) is 12.2 Å². The van der Waals surface area contributed by atoms with Crippen LogP contribution < -0.4 is 0 Å². The summed E-state index contributed by atoms with van der Waals surface area (Å²) in [5, 5.41) is 0. The molecule has 4 aliphatic carbocycles. The van der Waals surface area contributed by atoms with Crippen LogP contribution in [0.25, 0.3) is 0 Å². The van der Waals surface area contributed by atoms with Gasteiger partial charge in [-0.3, -0.25) is 9.59 Å². The van der Waals surface area contributed by atoms with E-state index in [0.29, 0.717) is 36.1 Å². The van der Waals surface area contributed by atoms with Crippen LogP contribution >= 0.6 is 0 Å². The van der Waals surface area contributed by atoms with Crippen LogP contribution in [0.2, 0.25) is 0 Å². The van der Waals surface area contributed by atoms with Crippen molar-refractivity contribution < 1.29 is 14.3 Å². The Hall–Kier alpha value is -1.12. The van der Waals surface area contributed by atoms with E-state index in [4.69, 9.17) is 4.74 Å². The second-order valence-electron chi connectivity index (χ2n) is 5.83. The lowest BCUT2D eigenvalue weighted by Crippen LogP contribution is -2.28. The third-order valence-electron chi connectivity index (χ3n) is 5.26. The maximum absolute atomic E-state index is 12.3. The van der Waals surface area contributed by atoms with E-state index in [1.54, 1.807) is 0 Å². The molecule has 7 atom stereocenters. The van der Waals surface area contributed by atoms with Crippen molar-refractivity contribution >= 4 is 11.8 Å². The number of carbonyl (C=O) groups excluding carboxylic acids is 2. The molecule has 0 unspecified atom stereocenters. The molecule has 0 aliphatic heterocycles. The summed E-state index contributed by atoms with van der Waals surface area (Å²) in [6.45, 7) is 2.24. The van der Waals surface area contributed by atoms with Crippen LogP contribution in [0, 0.1) is 41.4 Å². The molecule has 4 aliphatic rings. The highest BCUT2D eigenvalue weighted by molar-refractivity contribution is 5.97. The minimum Gasteiger partial charge on any atom is -0.466 e. The van der Waals surface area contributed by atoms with E-state index in [2.05, 4.69) is 12.2 Å². The molecule has 0 aromatic heterocycles. The Morgan fingerprint density at radius 1 is 1.29 bits per heavy atom. The van der Waals surface area contributed by atoms with Gasteiger partial charge in [0.25, 0.3) is 0 Å². The average molecular weight is 232 g/mol. The minimum atomic E-state index is -0.138. The molecule has 0 aromatic rings. The monoisotopic (exact) mass is 232 g/mol. The molecule has 90 valence electrons. The smallest absolute Gasteiger partial charge is 0.309 e. The van der Waals surface area contributed by atoms with Gasteiger partial charge in [-0.25, -0.2) is 0 Å². The molecule has 3 fully saturated rings. The number of hydrogen-bond donors (Lipinski definition) is 0. The van der Waals surface area contributed by atoms with Crippen molar-refractivity contribution in [3.05, 3.63) is 12.2 Å². The number of fused-ring (bicyclic) bond motifs is 7. The summed E-state index contributed by atoms with van der Waals surface area (Å²) in [6.07, 6.45) is 5.62. The van der Waals surface area contributed by atoms with Gasteiger partial charge in [-0.1, -0.05) is 12.2 Å². The molecule has 2 bridgehead atoms. The molecule has 0 saturated heterocycles. The third kappa shape index (κ3) is 1.03. The summed E-state index contributed by atoms with van der Waals surface area (Å²) >= 11 is 0. The van der Waals surface area contributed by atoms with Gasteiger partial charge in [0.15, 0.2) is 0 Å². The maximum atomic E-state index is 12.3. The number of carbonyl (C=O) groups is 2. The Morgan fingerprint density at radius 3 is 2.82 bits per heavy atom. The first kappa shape index (κ1) is 9.86. The average Bonchev–Trinajstić information content (AvgIpc) is 2.61. The lowest BCUT2D eigenvalue weighted by molar-refractivity contribution is -0.147. The van der Waals surface area contributed by atoms with Gasteiger partial charge in [-0.15, -0.1) is 0 Å². The molecule has 0 heterocycles. The second-order valence-corrected chi connectivity index (χ2v) is 5.83. The van der Waals surface area contributed by atoms with E-state index in [1.807, 2.05) is 6.92 Å². The molecule has 3 saturated carbocycles. The Balaban J connectivity index is 1.60. The van der Waals surface area contributed by atoms with E-state index < -0.39 is 0 Å². The van der Waals surface area contributed by atoms with E-state index in [1.165, 1.54) is 0 Å². The van der Waals surface area contributed by atoms with Crippen LogP contribution in [0.5, 0.6) is 0 Å².